The highest BCUT2D eigenvalue weighted by Gasteiger charge is 2.01. The van der Waals surface area contributed by atoms with Crippen LogP contribution in [0.3, 0.4) is 0 Å². The van der Waals surface area contributed by atoms with E-state index in [1.54, 1.807) is 0 Å². The van der Waals surface area contributed by atoms with E-state index in [4.69, 9.17) is 0 Å². The zero-order chi connectivity index (χ0) is 8.97. The number of likely N-dealkylation sites (N-methyl/N-ethyl adjacent to an activating group) is 1. The molecule has 68 valence electrons. The van der Waals surface area contributed by atoms with Gasteiger partial charge in [0.15, 0.2) is 0 Å². The summed E-state index contributed by atoms with van der Waals surface area (Å²) in [6.07, 6.45) is 1.06. The summed E-state index contributed by atoms with van der Waals surface area (Å²) in [5.41, 5.74) is 1.19. The maximum atomic E-state index is 4.46. The van der Waals surface area contributed by atoms with Gasteiger partial charge in [-0.1, -0.05) is 6.92 Å². The van der Waals surface area contributed by atoms with Crippen molar-refractivity contribution in [3.63, 3.8) is 0 Å². The molecule has 0 aliphatic heterocycles. The van der Waals surface area contributed by atoms with Crippen LogP contribution < -0.4 is 5.32 Å². The lowest BCUT2D eigenvalue weighted by atomic mass is 10.4. The quantitative estimate of drug-likeness (QED) is 0.723. The van der Waals surface area contributed by atoms with Crippen LogP contribution in [0.2, 0.25) is 0 Å². The van der Waals surface area contributed by atoms with Crippen molar-refractivity contribution in [1.82, 2.24) is 10.3 Å². The van der Waals surface area contributed by atoms with E-state index >= 15 is 0 Å². The van der Waals surface area contributed by atoms with Crippen LogP contribution in [0.4, 0.5) is 0 Å². The Labute approximate surface area is 78.0 Å². The van der Waals surface area contributed by atoms with Gasteiger partial charge in [0.1, 0.15) is 0 Å². The first kappa shape index (κ1) is 9.68. The molecular weight excluding hydrogens is 168 g/mol. The summed E-state index contributed by atoms with van der Waals surface area (Å²) in [6.45, 7) is 8.41. The third-order valence-corrected chi connectivity index (χ3v) is 2.97. The fraction of sp³-hybridized carbons (Fsp3) is 0.667. The minimum Gasteiger partial charge on any atom is -0.317 e. The van der Waals surface area contributed by atoms with Gasteiger partial charge in [-0.3, -0.25) is 0 Å². The number of aromatic nitrogens is 1. The minimum atomic E-state index is 1.04. The van der Waals surface area contributed by atoms with Gasteiger partial charge >= 0.3 is 0 Å². The number of rotatable bonds is 4. The Balaban J connectivity index is 2.42. The molecule has 0 aromatic carbocycles. The fourth-order valence-electron chi connectivity index (χ4n) is 1.02. The Bertz CT molecular complexity index is 223. The summed E-state index contributed by atoms with van der Waals surface area (Å²) in [7, 11) is 0. The first-order valence-electron chi connectivity index (χ1n) is 4.37. The van der Waals surface area contributed by atoms with Gasteiger partial charge in [0.2, 0.25) is 0 Å². The molecule has 0 saturated carbocycles. The van der Waals surface area contributed by atoms with Crippen LogP contribution in [0.25, 0.3) is 0 Å². The van der Waals surface area contributed by atoms with E-state index in [0.717, 1.165) is 19.5 Å². The van der Waals surface area contributed by atoms with Gasteiger partial charge in [0, 0.05) is 17.8 Å². The van der Waals surface area contributed by atoms with E-state index in [2.05, 4.69) is 31.1 Å². The van der Waals surface area contributed by atoms with E-state index in [0.29, 0.717) is 0 Å². The van der Waals surface area contributed by atoms with E-state index in [1.807, 2.05) is 11.3 Å². The van der Waals surface area contributed by atoms with Crippen LogP contribution in [-0.4, -0.2) is 18.1 Å². The predicted molar refractivity (Wildman–Crippen MR) is 53.8 cm³/mol. The number of aryl methyl sites for hydroxylation is 2. The number of hydrogen-bond acceptors (Lipinski definition) is 3. The second kappa shape index (κ2) is 4.58. The van der Waals surface area contributed by atoms with Crippen LogP contribution in [0.5, 0.6) is 0 Å². The van der Waals surface area contributed by atoms with Gasteiger partial charge in [0.25, 0.3) is 0 Å². The van der Waals surface area contributed by atoms with Crippen LogP contribution in [0, 0.1) is 13.8 Å². The normalized spacial score (nSPS) is 10.6. The molecule has 0 radical (unpaired) electrons. The second-order valence-electron chi connectivity index (χ2n) is 2.85. The van der Waals surface area contributed by atoms with Crippen molar-refractivity contribution < 1.29 is 0 Å². The van der Waals surface area contributed by atoms with Gasteiger partial charge < -0.3 is 5.32 Å². The van der Waals surface area contributed by atoms with Gasteiger partial charge in [-0.25, -0.2) is 4.98 Å². The Morgan fingerprint density at radius 3 is 2.67 bits per heavy atom. The van der Waals surface area contributed by atoms with Gasteiger partial charge in [0.05, 0.1) is 10.7 Å². The molecule has 0 unspecified atom stereocenters. The molecule has 0 saturated heterocycles. The van der Waals surface area contributed by atoms with E-state index in [-0.39, 0.29) is 0 Å². The Hall–Kier alpha value is -0.410. The highest BCUT2D eigenvalue weighted by atomic mass is 32.1. The molecule has 0 aliphatic carbocycles. The SMILES string of the molecule is CCNCCc1nc(C)c(C)s1. The van der Waals surface area contributed by atoms with E-state index < -0.39 is 0 Å². The molecule has 1 heterocycles. The zero-order valence-electron chi connectivity index (χ0n) is 7.98. The standard InChI is InChI=1S/C9H16N2S/c1-4-10-6-5-9-11-7(2)8(3)12-9/h10H,4-6H2,1-3H3. The molecular formula is C9H16N2S. The minimum absolute atomic E-state index is 1.04. The molecule has 0 fully saturated rings. The van der Waals surface area contributed by atoms with Crippen LogP contribution >= 0.6 is 11.3 Å². The van der Waals surface area contributed by atoms with Gasteiger partial charge in [-0.05, 0) is 20.4 Å². The number of thiazole rings is 1. The van der Waals surface area contributed by atoms with Crippen molar-refractivity contribution in [1.29, 1.82) is 0 Å². The molecule has 0 amide bonds. The molecule has 2 nitrogen and oxygen atoms in total. The number of hydrogen-bond donors (Lipinski definition) is 1. The average molecular weight is 184 g/mol. The molecule has 0 aliphatic rings. The van der Waals surface area contributed by atoms with Crippen molar-refractivity contribution >= 4 is 11.3 Å². The Morgan fingerprint density at radius 2 is 2.17 bits per heavy atom. The Kier molecular flexibility index (Phi) is 3.69. The lowest BCUT2D eigenvalue weighted by Crippen LogP contribution is -2.15. The maximum absolute atomic E-state index is 4.46. The third kappa shape index (κ3) is 2.57. The monoisotopic (exact) mass is 184 g/mol. The van der Waals surface area contributed by atoms with Crippen LogP contribution in [0.15, 0.2) is 0 Å². The number of nitrogens with one attached hydrogen (secondary N) is 1. The summed E-state index contributed by atoms with van der Waals surface area (Å²) in [5, 5.41) is 4.55. The molecule has 12 heavy (non-hydrogen) atoms. The molecule has 1 aromatic rings. The lowest BCUT2D eigenvalue weighted by molar-refractivity contribution is 0.714. The van der Waals surface area contributed by atoms with Crippen molar-refractivity contribution in [2.75, 3.05) is 13.1 Å². The van der Waals surface area contributed by atoms with Crippen LogP contribution in [-0.2, 0) is 6.42 Å². The fourth-order valence-corrected chi connectivity index (χ4v) is 1.95. The molecule has 1 aromatic heterocycles. The number of nitrogens with zero attached hydrogens (tertiary/aromatic N) is 1. The third-order valence-electron chi connectivity index (χ3n) is 1.84. The molecule has 0 bridgehead atoms. The summed E-state index contributed by atoms with van der Waals surface area (Å²) < 4.78 is 0. The molecule has 0 spiro atoms. The lowest BCUT2D eigenvalue weighted by Gasteiger charge is -1.96. The topological polar surface area (TPSA) is 24.9 Å². The first-order valence-corrected chi connectivity index (χ1v) is 5.19. The summed E-state index contributed by atoms with van der Waals surface area (Å²) in [5.74, 6) is 0. The molecule has 1 N–H and O–H groups in total. The highest BCUT2D eigenvalue weighted by molar-refractivity contribution is 7.11. The average Bonchev–Trinajstić information content (AvgIpc) is 2.32. The van der Waals surface area contributed by atoms with Gasteiger partial charge in [-0.15, -0.1) is 11.3 Å². The first-order chi connectivity index (χ1) is 5.74. The van der Waals surface area contributed by atoms with Crippen molar-refractivity contribution in [3.8, 4) is 0 Å². The van der Waals surface area contributed by atoms with Crippen LogP contribution in [0.1, 0.15) is 22.5 Å². The zero-order valence-corrected chi connectivity index (χ0v) is 8.79. The van der Waals surface area contributed by atoms with Crippen molar-refractivity contribution in [2.45, 2.75) is 27.2 Å². The molecule has 3 heteroatoms. The maximum Gasteiger partial charge on any atom is 0.0943 e. The van der Waals surface area contributed by atoms with Gasteiger partial charge in [-0.2, -0.15) is 0 Å². The Morgan fingerprint density at radius 1 is 1.42 bits per heavy atom. The van der Waals surface area contributed by atoms with Crippen molar-refractivity contribution in [3.05, 3.63) is 15.6 Å². The highest BCUT2D eigenvalue weighted by Crippen LogP contribution is 2.16. The molecule has 1 rings (SSSR count). The predicted octanol–water partition coefficient (Wildman–Crippen LogP) is 1.91. The van der Waals surface area contributed by atoms with E-state index in [9.17, 15) is 0 Å². The summed E-state index contributed by atoms with van der Waals surface area (Å²) in [6, 6.07) is 0. The largest absolute Gasteiger partial charge is 0.317 e. The van der Waals surface area contributed by atoms with Crippen molar-refractivity contribution in [2.24, 2.45) is 0 Å². The molecule has 0 atom stereocenters. The van der Waals surface area contributed by atoms with E-state index in [1.165, 1.54) is 15.6 Å². The summed E-state index contributed by atoms with van der Waals surface area (Å²) in [4.78, 5) is 5.81. The second-order valence-corrected chi connectivity index (χ2v) is 4.14. The smallest absolute Gasteiger partial charge is 0.0943 e. The summed E-state index contributed by atoms with van der Waals surface area (Å²) >= 11 is 1.81.